The molecule has 14 heteroatoms. The van der Waals surface area contributed by atoms with Gasteiger partial charge in [0, 0.05) is 28.9 Å². The van der Waals surface area contributed by atoms with Gasteiger partial charge in [0.2, 0.25) is 11.9 Å². The average Bonchev–Trinajstić information content (AvgIpc) is 3.63. The maximum atomic E-state index is 15.2. The van der Waals surface area contributed by atoms with Crippen molar-refractivity contribution in [3.05, 3.63) is 65.1 Å². The van der Waals surface area contributed by atoms with Crippen LogP contribution in [0.5, 0.6) is 0 Å². The lowest BCUT2D eigenvalue weighted by Gasteiger charge is -2.17. The summed E-state index contributed by atoms with van der Waals surface area (Å²) in [6.45, 7) is 0. The molecule has 0 unspecified atom stereocenters. The Hall–Kier alpha value is -4.65. The minimum atomic E-state index is -0.645. The first-order chi connectivity index (χ1) is 19.9. The van der Waals surface area contributed by atoms with Gasteiger partial charge in [0.25, 0.3) is 0 Å². The second kappa shape index (κ2) is 12.7. The number of methoxy groups -OCH3 is 1. The molecule has 5 rings (SSSR count). The molecule has 2 aromatic heterocycles. The van der Waals surface area contributed by atoms with Crippen LogP contribution < -0.4 is 10.6 Å². The van der Waals surface area contributed by atoms with E-state index in [2.05, 4.69) is 45.9 Å². The number of anilines is 1. The molecule has 0 radical (unpaired) electrons. The Bertz CT molecular complexity index is 1570. The molecule has 0 aliphatic carbocycles. The maximum absolute atomic E-state index is 15.2. The van der Waals surface area contributed by atoms with Gasteiger partial charge in [0.15, 0.2) is 0 Å². The fourth-order valence-electron chi connectivity index (χ4n) is 4.59. The number of hydrogen-bond donors (Lipinski definition) is 3. The van der Waals surface area contributed by atoms with Gasteiger partial charge >= 0.3 is 6.09 Å². The highest BCUT2D eigenvalue weighted by Gasteiger charge is 2.23. The number of amides is 2. The molecule has 41 heavy (non-hydrogen) atoms. The molecule has 1 aliphatic heterocycles. The molecule has 212 valence electrons. The summed E-state index contributed by atoms with van der Waals surface area (Å²) in [6.07, 6.45) is 5.96. The molecular weight excluding hydrogens is 553 g/mol. The summed E-state index contributed by atoms with van der Waals surface area (Å²) in [4.78, 5) is 36.5. The molecule has 2 aromatic carbocycles. The predicted molar refractivity (Wildman–Crippen MR) is 150 cm³/mol. The number of aromatic nitrogens is 6. The van der Waals surface area contributed by atoms with E-state index < -0.39 is 18.1 Å². The summed E-state index contributed by atoms with van der Waals surface area (Å²) in [5.41, 5.74) is 2.93. The summed E-state index contributed by atoms with van der Waals surface area (Å²) < 4.78 is 21.4. The lowest BCUT2D eigenvalue weighted by molar-refractivity contribution is -0.121. The average molecular weight is 580 g/mol. The number of H-pyrrole nitrogens is 1. The van der Waals surface area contributed by atoms with Crippen molar-refractivity contribution >= 4 is 41.2 Å². The Morgan fingerprint density at radius 3 is 2.90 bits per heavy atom. The van der Waals surface area contributed by atoms with Crippen molar-refractivity contribution in [2.24, 2.45) is 4.99 Å². The number of rotatable bonds is 6. The fraction of sp³-hybridized carbons (Fsp3) is 0.296. The van der Waals surface area contributed by atoms with E-state index in [0.29, 0.717) is 47.0 Å². The number of aryl methyl sites for hydroxylation is 1. The van der Waals surface area contributed by atoms with Crippen molar-refractivity contribution in [3.8, 4) is 16.9 Å². The maximum Gasteiger partial charge on any atom is 0.411 e. The van der Waals surface area contributed by atoms with E-state index in [9.17, 15) is 9.59 Å². The number of imidazole rings is 1. The zero-order valence-electron chi connectivity index (χ0n) is 22.1. The summed E-state index contributed by atoms with van der Waals surface area (Å²) in [5.74, 6) is -0.549. The van der Waals surface area contributed by atoms with E-state index in [4.69, 9.17) is 11.6 Å². The highest BCUT2D eigenvalue weighted by Crippen LogP contribution is 2.35. The molecular formula is C27H27ClFN9O3. The summed E-state index contributed by atoms with van der Waals surface area (Å²) in [7, 11) is 1.27. The lowest BCUT2D eigenvalue weighted by atomic mass is 10.0. The van der Waals surface area contributed by atoms with Crippen LogP contribution in [0.4, 0.5) is 20.6 Å². The minimum Gasteiger partial charge on any atom is -0.453 e. The van der Waals surface area contributed by atoms with Gasteiger partial charge in [-0.15, -0.1) is 5.10 Å². The molecule has 3 N–H and O–H groups in total. The SMILES string of the molecule is COC(=O)Nc1ccc2c(c1)N=CCCCC[C@H](NC(=O)CCc1cc(Cl)ccc1-n1cnnn1)c1nc-2c(F)[nH]1. The topological polar surface area (TPSA) is 152 Å². The predicted octanol–water partition coefficient (Wildman–Crippen LogP) is 5.09. The number of nitrogens with zero attached hydrogens (tertiary/aromatic N) is 6. The molecule has 4 aromatic rings. The van der Waals surface area contributed by atoms with Gasteiger partial charge in [-0.1, -0.05) is 18.0 Å². The number of aromatic amines is 1. The number of hydrogen-bond acceptors (Lipinski definition) is 8. The van der Waals surface area contributed by atoms with Crippen LogP contribution in [0.2, 0.25) is 5.02 Å². The van der Waals surface area contributed by atoms with Crippen LogP contribution in [-0.4, -0.2) is 55.5 Å². The second-order valence-electron chi connectivity index (χ2n) is 9.38. The van der Waals surface area contributed by atoms with Crippen LogP contribution in [0.15, 0.2) is 47.7 Å². The van der Waals surface area contributed by atoms with Crippen LogP contribution in [0.1, 0.15) is 49.5 Å². The van der Waals surface area contributed by atoms with E-state index in [0.717, 1.165) is 24.1 Å². The summed E-state index contributed by atoms with van der Waals surface area (Å²) in [5, 5.41) is 17.4. The molecule has 0 saturated heterocycles. The second-order valence-corrected chi connectivity index (χ2v) is 9.81. The number of halogens is 2. The quantitative estimate of drug-likeness (QED) is 0.288. The van der Waals surface area contributed by atoms with Crippen molar-refractivity contribution in [2.45, 2.75) is 44.6 Å². The van der Waals surface area contributed by atoms with Crippen molar-refractivity contribution < 1.29 is 18.7 Å². The monoisotopic (exact) mass is 579 g/mol. The zero-order valence-corrected chi connectivity index (χ0v) is 22.9. The van der Waals surface area contributed by atoms with Crippen LogP contribution in [0.25, 0.3) is 16.9 Å². The lowest BCUT2D eigenvalue weighted by Crippen LogP contribution is -2.29. The third-order valence-electron chi connectivity index (χ3n) is 6.59. The Balaban J connectivity index is 1.35. The summed E-state index contributed by atoms with van der Waals surface area (Å²) >= 11 is 6.21. The van der Waals surface area contributed by atoms with Gasteiger partial charge in [-0.05, 0) is 78.1 Å². The summed E-state index contributed by atoms with van der Waals surface area (Å²) in [6, 6.07) is 9.65. The number of fused-ring (bicyclic) bond motifs is 4. The molecule has 1 atom stereocenters. The van der Waals surface area contributed by atoms with E-state index in [1.807, 2.05) is 0 Å². The smallest absolute Gasteiger partial charge is 0.411 e. The first kappa shape index (κ1) is 27.9. The molecule has 0 spiro atoms. The molecule has 12 nitrogen and oxygen atoms in total. The molecule has 0 fully saturated rings. The Morgan fingerprint density at radius 1 is 1.22 bits per heavy atom. The zero-order chi connectivity index (χ0) is 28.8. The van der Waals surface area contributed by atoms with E-state index in [1.165, 1.54) is 18.1 Å². The standard InChI is InChI=1S/C27H27ClFN9O3/c1-41-27(40)32-18-8-9-19-21(14-18)30-12-4-2-3-5-20(26-34-24(19)25(29)35-26)33-23(39)11-6-16-13-17(28)7-10-22(16)38-15-31-36-37-38/h7-10,12-15,20H,2-6,11H2,1H3,(H,32,40)(H,33,39)(H,34,35)/t20-/m0/s1. The van der Waals surface area contributed by atoms with Gasteiger partial charge in [-0.3, -0.25) is 15.1 Å². The van der Waals surface area contributed by atoms with Gasteiger partial charge in [-0.25, -0.2) is 14.5 Å². The van der Waals surface area contributed by atoms with Crippen molar-refractivity contribution in [1.29, 1.82) is 0 Å². The fourth-order valence-corrected chi connectivity index (χ4v) is 4.78. The highest BCUT2D eigenvalue weighted by molar-refractivity contribution is 6.30. The number of nitrogens with one attached hydrogen (secondary N) is 3. The van der Waals surface area contributed by atoms with Crippen molar-refractivity contribution in [2.75, 3.05) is 12.4 Å². The molecule has 2 bridgehead atoms. The Labute approximate surface area is 239 Å². The van der Waals surface area contributed by atoms with E-state index >= 15 is 4.39 Å². The number of benzene rings is 2. The Kier molecular flexibility index (Phi) is 8.63. The van der Waals surface area contributed by atoms with E-state index in [1.54, 1.807) is 42.6 Å². The largest absolute Gasteiger partial charge is 0.453 e. The number of tetrazole rings is 1. The van der Waals surface area contributed by atoms with Crippen molar-refractivity contribution in [1.82, 2.24) is 35.5 Å². The highest BCUT2D eigenvalue weighted by atomic mass is 35.5. The van der Waals surface area contributed by atoms with Crippen LogP contribution in [-0.2, 0) is 16.0 Å². The first-order valence-corrected chi connectivity index (χ1v) is 13.4. The molecule has 1 aliphatic rings. The van der Waals surface area contributed by atoms with Gasteiger partial charge in [-0.2, -0.15) is 4.39 Å². The molecule has 3 heterocycles. The molecule has 2 amide bonds. The van der Waals surface area contributed by atoms with Gasteiger partial charge in [0.1, 0.15) is 17.8 Å². The van der Waals surface area contributed by atoms with Gasteiger partial charge in [0.05, 0.1) is 24.5 Å². The number of aliphatic imine (C=N–C) groups is 1. The first-order valence-electron chi connectivity index (χ1n) is 13.0. The number of ether oxygens (including phenoxy) is 1. The van der Waals surface area contributed by atoms with Crippen LogP contribution >= 0.6 is 11.6 Å². The minimum absolute atomic E-state index is 0.0709. The third kappa shape index (κ3) is 6.74. The molecule has 0 saturated carbocycles. The Morgan fingerprint density at radius 2 is 2.10 bits per heavy atom. The van der Waals surface area contributed by atoms with Crippen LogP contribution in [0.3, 0.4) is 0 Å². The van der Waals surface area contributed by atoms with Crippen molar-refractivity contribution in [3.63, 3.8) is 0 Å². The van der Waals surface area contributed by atoms with E-state index in [-0.39, 0.29) is 18.0 Å². The number of carbonyl (C=O) groups excluding carboxylic acids is 2. The normalized spacial score (nSPS) is 14.9. The number of carbonyl (C=O) groups is 2. The van der Waals surface area contributed by atoms with Gasteiger partial charge < -0.3 is 15.0 Å². The van der Waals surface area contributed by atoms with Crippen LogP contribution in [0, 0.1) is 5.95 Å². The third-order valence-corrected chi connectivity index (χ3v) is 6.83.